The Labute approximate surface area is 206 Å². The molecule has 0 aliphatic rings. The predicted molar refractivity (Wildman–Crippen MR) is 129 cm³/mol. The maximum Gasteiger partial charge on any atom is 0.439 e. The largest absolute Gasteiger partial charge is 0.439 e. The van der Waals surface area contributed by atoms with Gasteiger partial charge in [0.25, 0.3) is 5.91 Å². The first-order valence-corrected chi connectivity index (χ1v) is 10.9. The summed E-state index contributed by atoms with van der Waals surface area (Å²) in [7, 11) is 1.65. The van der Waals surface area contributed by atoms with E-state index in [4.69, 9.17) is 11.6 Å². The van der Waals surface area contributed by atoms with Crippen LogP contribution in [-0.2, 0) is 13.2 Å². The van der Waals surface area contributed by atoms with Crippen molar-refractivity contribution >= 4 is 34.1 Å². The summed E-state index contributed by atoms with van der Waals surface area (Å²) in [5.74, 6) is -1.16. The van der Waals surface area contributed by atoms with Crippen LogP contribution >= 0.6 is 11.6 Å². The average molecular weight is 513 g/mol. The highest BCUT2D eigenvalue weighted by atomic mass is 35.5. The summed E-state index contributed by atoms with van der Waals surface area (Å²) in [6, 6.07) is 16.5. The molecule has 3 aromatic carbocycles. The molecule has 11 heteroatoms. The Kier molecular flexibility index (Phi) is 5.68. The number of nitrogens with one attached hydrogen (secondary N) is 2. The van der Waals surface area contributed by atoms with Gasteiger partial charge in [0.2, 0.25) is 0 Å². The quantitative estimate of drug-likeness (QED) is 0.304. The van der Waals surface area contributed by atoms with E-state index in [1.165, 1.54) is 18.2 Å². The number of carbonyl (C=O) groups is 1. The average Bonchev–Trinajstić information content (AvgIpc) is 3.42. The maximum absolute atomic E-state index is 13.5. The highest BCUT2D eigenvalue weighted by Crippen LogP contribution is 2.38. The third-order valence-corrected chi connectivity index (χ3v) is 5.98. The van der Waals surface area contributed by atoms with Crippen LogP contribution in [0.25, 0.3) is 33.4 Å². The van der Waals surface area contributed by atoms with Crippen LogP contribution in [-0.4, -0.2) is 20.6 Å². The zero-order valence-electron chi connectivity index (χ0n) is 18.5. The SMILES string of the molecule is Cn1c(C(=O)Nc2ccc(Cl)cc2-c2noc(=O)[nH]2)cc2ccc(-c3ccccc3C(F)(F)F)cc21. The van der Waals surface area contributed by atoms with Crippen molar-refractivity contribution in [3.05, 3.63) is 93.6 Å². The lowest BCUT2D eigenvalue weighted by molar-refractivity contribution is -0.137. The number of amides is 1. The van der Waals surface area contributed by atoms with E-state index >= 15 is 0 Å². The van der Waals surface area contributed by atoms with Gasteiger partial charge in [0.1, 0.15) is 5.69 Å². The minimum Gasteiger partial charge on any atom is -0.340 e. The Morgan fingerprint density at radius 2 is 1.83 bits per heavy atom. The number of hydrogen-bond donors (Lipinski definition) is 2. The topological polar surface area (TPSA) is 92.9 Å². The first-order valence-electron chi connectivity index (χ1n) is 10.5. The lowest BCUT2D eigenvalue weighted by Crippen LogP contribution is -2.16. The molecule has 36 heavy (non-hydrogen) atoms. The number of aryl methyl sites for hydroxylation is 1. The van der Waals surface area contributed by atoms with Crippen LogP contribution in [0.2, 0.25) is 5.02 Å². The molecule has 0 atom stereocenters. The third-order valence-electron chi connectivity index (χ3n) is 5.75. The van der Waals surface area contributed by atoms with E-state index in [1.807, 2.05) is 0 Å². The van der Waals surface area contributed by atoms with E-state index in [1.54, 1.807) is 54.1 Å². The number of H-pyrrole nitrogens is 1. The van der Waals surface area contributed by atoms with E-state index < -0.39 is 23.4 Å². The molecule has 0 aliphatic heterocycles. The van der Waals surface area contributed by atoms with Gasteiger partial charge in [-0.15, -0.1) is 0 Å². The molecule has 0 radical (unpaired) electrons. The maximum atomic E-state index is 13.5. The molecule has 5 rings (SSSR count). The van der Waals surface area contributed by atoms with Crippen molar-refractivity contribution in [3.8, 4) is 22.5 Å². The molecule has 2 N–H and O–H groups in total. The lowest BCUT2D eigenvalue weighted by atomic mass is 9.98. The van der Waals surface area contributed by atoms with Crippen LogP contribution in [0.15, 0.2) is 76.0 Å². The fourth-order valence-electron chi connectivity index (χ4n) is 4.05. The smallest absolute Gasteiger partial charge is 0.340 e. The fourth-order valence-corrected chi connectivity index (χ4v) is 4.22. The molecule has 7 nitrogen and oxygen atoms in total. The molecule has 0 aliphatic carbocycles. The van der Waals surface area contributed by atoms with Gasteiger partial charge >= 0.3 is 11.9 Å². The van der Waals surface area contributed by atoms with Crippen molar-refractivity contribution in [2.45, 2.75) is 6.18 Å². The van der Waals surface area contributed by atoms with Gasteiger partial charge in [-0.05, 0) is 47.5 Å². The van der Waals surface area contributed by atoms with Crippen LogP contribution in [0.5, 0.6) is 0 Å². The number of aromatic nitrogens is 3. The third kappa shape index (κ3) is 4.27. The summed E-state index contributed by atoms with van der Waals surface area (Å²) in [6.07, 6.45) is -4.50. The second-order valence-electron chi connectivity index (χ2n) is 7.99. The van der Waals surface area contributed by atoms with Crippen molar-refractivity contribution < 1.29 is 22.5 Å². The predicted octanol–water partition coefficient (Wildman–Crippen LogP) is 6.11. The van der Waals surface area contributed by atoms with Gasteiger partial charge in [0.15, 0.2) is 5.82 Å². The number of nitrogens with zero attached hydrogens (tertiary/aromatic N) is 2. The van der Waals surface area contributed by atoms with Crippen LogP contribution in [0.3, 0.4) is 0 Å². The molecule has 0 spiro atoms. The second-order valence-corrected chi connectivity index (χ2v) is 8.43. The molecule has 0 saturated carbocycles. The molecule has 0 fully saturated rings. The van der Waals surface area contributed by atoms with Crippen LogP contribution in [0.1, 0.15) is 16.1 Å². The van der Waals surface area contributed by atoms with Gasteiger partial charge in [-0.25, -0.2) is 4.79 Å². The van der Waals surface area contributed by atoms with Gasteiger partial charge in [-0.1, -0.05) is 47.1 Å². The molecule has 2 heterocycles. The van der Waals surface area contributed by atoms with Crippen molar-refractivity contribution in [1.29, 1.82) is 0 Å². The standard InChI is InChI=1S/C25H16ClF3N4O3/c1-33-20-10-13(16-4-2-3-5-18(16)25(27,28)29)6-7-14(20)11-21(33)23(34)30-19-9-8-15(26)12-17(19)22-31-24(35)36-32-22/h2-12H,1H3,(H,30,34)(H,31,32,35). The number of hydrogen-bond acceptors (Lipinski definition) is 4. The number of fused-ring (bicyclic) bond motifs is 1. The van der Waals surface area contributed by atoms with Crippen LogP contribution in [0.4, 0.5) is 18.9 Å². The Bertz CT molecular complexity index is 1680. The van der Waals surface area contributed by atoms with Crippen LogP contribution < -0.4 is 11.1 Å². The zero-order valence-corrected chi connectivity index (χ0v) is 19.2. The summed E-state index contributed by atoms with van der Waals surface area (Å²) >= 11 is 6.07. The molecule has 0 unspecified atom stereocenters. The monoisotopic (exact) mass is 512 g/mol. The van der Waals surface area contributed by atoms with Crippen molar-refractivity contribution in [2.75, 3.05) is 5.32 Å². The molecule has 2 aromatic heterocycles. The Balaban J connectivity index is 1.52. The van der Waals surface area contributed by atoms with E-state index in [9.17, 15) is 22.8 Å². The van der Waals surface area contributed by atoms with Gasteiger partial charge in [-0.3, -0.25) is 14.3 Å². The number of halogens is 4. The summed E-state index contributed by atoms with van der Waals surface area (Å²) in [6.45, 7) is 0. The number of aromatic amines is 1. The van der Waals surface area contributed by atoms with Gasteiger partial charge in [0.05, 0.1) is 11.3 Å². The number of benzene rings is 3. The van der Waals surface area contributed by atoms with E-state index in [0.29, 0.717) is 32.7 Å². The zero-order chi connectivity index (χ0) is 25.6. The highest BCUT2D eigenvalue weighted by Gasteiger charge is 2.33. The number of carbonyl (C=O) groups excluding carboxylic acids is 1. The first-order chi connectivity index (χ1) is 17.1. The highest BCUT2D eigenvalue weighted by molar-refractivity contribution is 6.31. The van der Waals surface area contributed by atoms with E-state index in [-0.39, 0.29) is 17.1 Å². The normalized spacial score (nSPS) is 11.7. The van der Waals surface area contributed by atoms with Crippen molar-refractivity contribution in [1.82, 2.24) is 14.7 Å². The molecule has 0 saturated heterocycles. The molecule has 182 valence electrons. The van der Waals surface area contributed by atoms with Gasteiger partial charge in [-0.2, -0.15) is 13.2 Å². The summed E-state index contributed by atoms with van der Waals surface area (Å²) in [5.41, 5.74) is 1.18. The molecule has 5 aromatic rings. The van der Waals surface area contributed by atoms with E-state index in [2.05, 4.69) is 20.0 Å². The Morgan fingerprint density at radius 1 is 1.06 bits per heavy atom. The van der Waals surface area contributed by atoms with Crippen molar-refractivity contribution in [2.24, 2.45) is 7.05 Å². The second kappa shape index (κ2) is 8.72. The van der Waals surface area contributed by atoms with Crippen molar-refractivity contribution in [3.63, 3.8) is 0 Å². The molecular weight excluding hydrogens is 497 g/mol. The summed E-state index contributed by atoms with van der Waals surface area (Å²) in [4.78, 5) is 27.0. The molecule has 0 bridgehead atoms. The number of alkyl halides is 3. The van der Waals surface area contributed by atoms with E-state index in [0.717, 1.165) is 6.07 Å². The Morgan fingerprint density at radius 3 is 2.56 bits per heavy atom. The molecule has 1 amide bonds. The molecular formula is C25H16ClF3N4O3. The number of rotatable bonds is 4. The van der Waals surface area contributed by atoms with Gasteiger partial charge in [0, 0.05) is 28.5 Å². The minimum absolute atomic E-state index is 0.0477. The Hall–Kier alpha value is -4.31. The number of anilines is 1. The lowest BCUT2D eigenvalue weighted by Gasteiger charge is -2.13. The van der Waals surface area contributed by atoms with Gasteiger partial charge < -0.3 is 9.88 Å². The first kappa shape index (κ1) is 23.4. The minimum atomic E-state index is -4.50. The van der Waals surface area contributed by atoms with Crippen LogP contribution in [0, 0.1) is 0 Å². The summed E-state index contributed by atoms with van der Waals surface area (Å²) < 4.78 is 46.7. The summed E-state index contributed by atoms with van der Waals surface area (Å²) in [5, 5.41) is 7.44. The fraction of sp³-hybridized carbons (Fsp3) is 0.0800.